The number of nitrogens with zero attached hydrogens (tertiary/aromatic N) is 2. The maximum atomic E-state index is 14.2. The minimum atomic E-state index is -2.81. The number of rotatable bonds is 19. The number of thiol groups is 1. The minimum Gasteiger partial charge on any atom is -0.750 e. The van der Waals surface area contributed by atoms with Crippen molar-refractivity contribution in [1.29, 1.82) is 0 Å². The number of fused-ring (bicyclic) bond motifs is 4. The quantitative estimate of drug-likeness (QED) is 0.0789. The van der Waals surface area contributed by atoms with Crippen LogP contribution in [-0.2, 0) is 35.7 Å². The second-order valence-corrected chi connectivity index (χ2v) is 19.1. The fourth-order valence-electron chi connectivity index (χ4n) is 7.89. The number of hydrogen-bond donors (Lipinski definition) is 3. The van der Waals surface area contributed by atoms with E-state index >= 15 is 0 Å². The van der Waals surface area contributed by atoms with Gasteiger partial charge in [-0.05, 0) is 62.8 Å². The van der Waals surface area contributed by atoms with Crippen molar-refractivity contribution in [3.8, 4) is 23.0 Å². The van der Waals surface area contributed by atoms with Gasteiger partial charge >= 0.3 is 0 Å². The molecular formula is C35H47N4O13PS3-2. The SMILES string of the molecule is COc1cc2c(cc1OCCCP(=O)(CCCS)CCCOc1cc3c(cc1OC)C(=O)N1CCC[C@H]1C(OS(=O)[O-])N3)NC(OS(=O)[O-])[C@@H]1CCCN1C2=O. The van der Waals surface area contributed by atoms with E-state index in [1.54, 1.807) is 34.1 Å². The summed E-state index contributed by atoms with van der Waals surface area (Å²) in [7, 11) is 0.234. The molecule has 2 N–H and O–H groups in total. The van der Waals surface area contributed by atoms with E-state index in [1.165, 1.54) is 14.2 Å². The van der Waals surface area contributed by atoms with Crippen LogP contribution in [0.1, 0.15) is 65.7 Å². The van der Waals surface area contributed by atoms with Crippen molar-refractivity contribution in [1.82, 2.24) is 9.80 Å². The van der Waals surface area contributed by atoms with Gasteiger partial charge in [-0.2, -0.15) is 12.6 Å². The lowest BCUT2D eigenvalue weighted by Crippen LogP contribution is -2.45. The van der Waals surface area contributed by atoms with E-state index in [0.717, 1.165) is 12.8 Å². The Bertz CT molecular complexity index is 1730. The van der Waals surface area contributed by atoms with Crippen LogP contribution in [0.2, 0.25) is 0 Å². The maximum Gasteiger partial charge on any atom is 0.256 e. The number of anilines is 2. The first-order chi connectivity index (χ1) is 26.9. The van der Waals surface area contributed by atoms with Gasteiger partial charge in [-0.25, -0.2) is 8.42 Å². The number of carbonyl (C=O) groups is 2. The second kappa shape index (κ2) is 19.1. The molecule has 0 saturated carbocycles. The van der Waals surface area contributed by atoms with Gasteiger partial charge in [0, 0.05) is 43.7 Å². The highest BCUT2D eigenvalue weighted by Crippen LogP contribution is 2.48. The monoisotopic (exact) mass is 858 g/mol. The lowest BCUT2D eigenvalue weighted by molar-refractivity contribution is 0.0623. The van der Waals surface area contributed by atoms with Crippen LogP contribution < -0.4 is 29.6 Å². The number of methoxy groups -OCH3 is 2. The van der Waals surface area contributed by atoms with Crippen molar-refractivity contribution in [3.63, 3.8) is 0 Å². The van der Waals surface area contributed by atoms with Gasteiger partial charge in [0.25, 0.3) is 11.8 Å². The Morgan fingerprint density at radius 1 is 0.732 bits per heavy atom. The first-order valence-corrected chi connectivity index (χ1v) is 23.4. The number of ether oxygens (including phenoxy) is 4. The predicted molar refractivity (Wildman–Crippen MR) is 210 cm³/mol. The third-order valence-electron chi connectivity index (χ3n) is 10.5. The molecule has 2 saturated heterocycles. The molecule has 2 aromatic rings. The molecule has 21 heteroatoms. The Kier molecular flexibility index (Phi) is 14.5. The van der Waals surface area contributed by atoms with E-state index in [-0.39, 0.29) is 25.0 Å². The van der Waals surface area contributed by atoms with Crippen molar-refractivity contribution in [3.05, 3.63) is 35.4 Å². The Labute approximate surface area is 336 Å². The molecule has 2 fully saturated rings. The van der Waals surface area contributed by atoms with Gasteiger partial charge in [-0.15, -0.1) is 0 Å². The first-order valence-electron chi connectivity index (χ1n) is 18.5. The molecule has 2 aromatic carbocycles. The van der Waals surface area contributed by atoms with E-state index in [9.17, 15) is 31.7 Å². The van der Waals surface area contributed by atoms with Crippen molar-refractivity contribution >= 4 is 65.7 Å². The third-order valence-corrected chi connectivity index (χ3v) is 14.9. The largest absolute Gasteiger partial charge is 0.750 e. The Morgan fingerprint density at radius 2 is 1.16 bits per heavy atom. The van der Waals surface area contributed by atoms with Crippen molar-refractivity contribution < 1.29 is 59.0 Å². The normalized spacial score (nSPS) is 23.6. The van der Waals surface area contributed by atoms with Gasteiger partial charge in [0.05, 0.1) is 91.9 Å². The highest BCUT2D eigenvalue weighted by Gasteiger charge is 2.42. The van der Waals surface area contributed by atoms with Crippen LogP contribution in [0.25, 0.3) is 0 Å². The molecule has 0 bridgehead atoms. The summed E-state index contributed by atoms with van der Waals surface area (Å²) in [6, 6.07) is 5.41. The molecule has 6 rings (SSSR count). The van der Waals surface area contributed by atoms with Gasteiger partial charge in [0.1, 0.15) is 0 Å². The Balaban J connectivity index is 1.07. The predicted octanol–water partition coefficient (Wildman–Crippen LogP) is 3.96. The average molecular weight is 859 g/mol. The summed E-state index contributed by atoms with van der Waals surface area (Å²) < 4.78 is 93.7. The molecule has 0 spiro atoms. The molecule has 4 aliphatic heterocycles. The smallest absolute Gasteiger partial charge is 0.256 e. The summed E-state index contributed by atoms with van der Waals surface area (Å²) in [5, 5.41) is 6.15. The van der Waals surface area contributed by atoms with Crippen molar-refractivity contribution in [2.45, 2.75) is 69.5 Å². The summed E-state index contributed by atoms with van der Waals surface area (Å²) in [6.07, 6.45) is 3.57. The third kappa shape index (κ3) is 9.77. The van der Waals surface area contributed by atoms with Crippen molar-refractivity contribution in [2.24, 2.45) is 0 Å². The van der Waals surface area contributed by atoms with Gasteiger partial charge in [-0.3, -0.25) is 18.0 Å². The highest BCUT2D eigenvalue weighted by atomic mass is 32.2. The zero-order valence-corrected chi connectivity index (χ0v) is 34.6. The molecule has 17 nitrogen and oxygen atoms in total. The second-order valence-electron chi connectivity index (χ2n) is 14.0. The molecule has 0 radical (unpaired) electrons. The van der Waals surface area contributed by atoms with Crippen LogP contribution in [0.4, 0.5) is 11.4 Å². The standard InChI is InChI=1S/C35H49N4O13PS3/c1-47-28-18-22-24(36-32(51-55(43)44)26-8-3-10-38(26)34(22)40)20-30(28)49-12-5-14-53(42,16-7-17-54)15-6-13-50-31-21-25-23(19-29(31)48-2)35(41)39-11-4-9-27(39)33(37-25)52-56(45)46/h18-21,26-27,32-33,36-37,54H,3-17H2,1-2H3,(H,43,44)(H,45,46)/p-2/t26-,27-,32?,33?,53?/m0/s1. The van der Waals surface area contributed by atoms with Crippen LogP contribution in [0.15, 0.2) is 24.3 Å². The molecule has 4 aliphatic rings. The molecule has 2 amide bonds. The fraction of sp³-hybridized carbons (Fsp3) is 0.600. The summed E-state index contributed by atoms with van der Waals surface area (Å²) >= 11 is -1.27. The summed E-state index contributed by atoms with van der Waals surface area (Å²) in [4.78, 5) is 30.1. The number of nitrogens with one attached hydrogen (secondary N) is 2. The average Bonchev–Trinajstić information content (AvgIpc) is 3.84. The molecular weight excluding hydrogens is 812 g/mol. The molecule has 4 unspecified atom stereocenters. The van der Waals surface area contributed by atoms with Crippen LogP contribution >= 0.6 is 19.8 Å². The minimum absolute atomic E-state index is 0.199. The van der Waals surface area contributed by atoms with E-state index in [2.05, 4.69) is 23.3 Å². The topological polar surface area (TPSA) is 217 Å². The number of benzene rings is 2. The highest BCUT2D eigenvalue weighted by molar-refractivity contribution is 7.80. The molecule has 0 aliphatic carbocycles. The number of carbonyl (C=O) groups excluding carboxylic acids is 2. The Morgan fingerprint density at radius 3 is 1.55 bits per heavy atom. The van der Waals surface area contributed by atoms with Crippen LogP contribution in [0.3, 0.4) is 0 Å². The van der Waals surface area contributed by atoms with Gasteiger partial charge in [0.2, 0.25) is 0 Å². The Hall–Kier alpha value is -3.10. The van der Waals surface area contributed by atoms with E-state index in [1.807, 2.05) is 0 Å². The van der Waals surface area contributed by atoms with Crippen molar-refractivity contribution in [2.75, 3.05) is 75.4 Å². The molecule has 56 heavy (non-hydrogen) atoms. The molecule has 310 valence electrons. The van der Waals surface area contributed by atoms with E-state index in [0.29, 0.717) is 115 Å². The van der Waals surface area contributed by atoms with E-state index in [4.69, 9.17) is 27.3 Å². The lowest BCUT2D eigenvalue weighted by Gasteiger charge is -2.29. The first kappa shape index (κ1) is 42.5. The summed E-state index contributed by atoms with van der Waals surface area (Å²) in [5.41, 5.74) is 1.34. The van der Waals surface area contributed by atoms with Crippen LogP contribution in [0, 0.1) is 0 Å². The fourth-order valence-corrected chi connectivity index (χ4v) is 11.8. The molecule has 6 atom stereocenters. The summed E-state index contributed by atoms with van der Waals surface area (Å²) in [6.45, 7) is 1.35. The zero-order chi connectivity index (χ0) is 40.0. The van der Waals surface area contributed by atoms with Crippen LogP contribution in [0.5, 0.6) is 23.0 Å². The van der Waals surface area contributed by atoms with Crippen LogP contribution in [-0.4, -0.2) is 128 Å². The number of amides is 2. The van der Waals surface area contributed by atoms with E-state index < -0.39 is 54.4 Å². The molecule has 4 heterocycles. The van der Waals surface area contributed by atoms with Gasteiger partial charge in [0.15, 0.2) is 35.5 Å². The lowest BCUT2D eigenvalue weighted by atomic mass is 10.1. The zero-order valence-electron chi connectivity index (χ0n) is 31.1. The van der Waals surface area contributed by atoms with Gasteiger partial charge in [-0.1, -0.05) is 0 Å². The maximum absolute atomic E-state index is 14.2. The van der Waals surface area contributed by atoms with Gasteiger partial charge < -0.3 is 53.1 Å². The summed E-state index contributed by atoms with van der Waals surface area (Å²) in [5.74, 6) is 1.38. The molecule has 0 aromatic heterocycles. The number of hydrogen-bond acceptors (Lipinski definition) is 16.